The Hall–Kier alpha value is -3.87. The third-order valence-corrected chi connectivity index (χ3v) is 6.79. The standard InChI is InChI=1S/C27H31NO11/c1-11-9-15(13(3)35-11)17(29)10-16-19(30)14-7-8-18(12(2)21(14)37-24(16)32)36-25-20(31)22(38-26(28)33)23(34-6)27(4,5)39-25/h7-9,20,22-23,25,30-31H,10H2,1-6H3,(H2,28,33)/t20-,22+,23-,25-/m1/s1. The number of ketones is 1. The number of aliphatic hydroxyl groups is 1. The molecule has 4 atom stereocenters. The zero-order chi connectivity index (χ0) is 28.8. The van der Waals surface area contributed by atoms with Crippen LogP contribution >= 0.6 is 0 Å². The van der Waals surface area contributed by atoms with Gasteiger partial charge < -0.3 is 43.7 Å². The second-order valence-electron chi connectivity index (χ2n) is 9.96. The van der Waals surface area contributed by atoms with Crippen LogP contribution in [0.25, 0.3) is 11.0 Å². The van der Waals surface area contributed by atoms with Gasteiger partial charge in [0.25, 0.3) is 0 Å². The van der Waals surface area contributed by atoms with Crippen LogP contribution in [-0.4, -0.2) is 59.4 Å². The van der Waals surface area contributed by atoms with Crippen LogP contribution in [-0.2, 0) is 20.6 Å². The number of aliphatic hydroxyl groups excluding tert-OH is 1. The van der Waals surface area contributed by atoms with Gasteiger partial charge in [-0.05, 0) is 52.8 Å². The number of aromatic hydroxyl groups is 1. The van der Waals surface area contributed by atoms with Gasteiger partial charge in [-0.15, -0.1) is 0 Å². The van der Waals surface area contributed by atoms with Gasteiger partial charge >= 0.3 is 11.7 Å². The molecule has 1 aliphatic heterocycles. The summed E-state index contributed by atoms with van der Waals surface area (Å²) >= 11 is 0. The highest BCUT2D eigenvalue weighted by atomic mass is 16.7. The average molecular weight is 546 g/mol. The molecule has 1 fully saturated rings. The number of hydrogen-bond donors (Lipinski definition) is 3. The molecule has 3 aromatic rings. The molecule has 1 aliphatic rings. The molecule has 12 heteroatoms. The number of methoxy groups -OCH3 is 1. The van der Waals surface area contributed by atoms with Gasteiger partial charge in [-0.2, -0.15) is 0 Å². The lowest BCUT2D eigenvalue weighted by Crippen LogP contribution is -2.65. The SMILES string of the molecule is CO[C@@H]1[C@@H](OC(N)=O)[C@@H](O)[C@H](Oc2ccc3c(O)c(CC(=O)c4cc(C)oc4C)c(=O)oc3c2C)OC1(C)C. The highest BCUT2D eigenvalue weighted by molar-refractivity contribution is 5.99. The molecular formula is C27H31NO11. The van der Waals surface area contributed by atoms with E-state index >= 15 is 0 Å². The van der Waals surface area contributed by atoms with Gasteiger partial charge in [0, 0.05) is 19.1 Å². The summed E-state index contributed by atoms with van der Waals surface area (Å²) < 4.78 is 33.2. The van der Waals surface area contributed by atoms with E-state index in [2.05, 4.69) is 0 Å². The summed E-state index contributed by atoms with van der Waals surface area (Å²) in [5.41, 5.74) is 3.69. The molecule has 12 nitrogen and oxygen atoms in total. The number of aryl methyl sites for hydroxylation is 3. The van der Waals surface area contributed by atoms with Gasteiger partial charge in [0.1, 0.15) is 34.7 Å². The second kappa shape index (κ2) is 10.4. The van der Waals surface area contributed by atoms with Gasteiger partial charge in [-0.25, -0.2) is 9.59 Å². The van der Waals surface area contributed by atoms with E-state index in [1.807, 2.05) is 0 Å². The van der Waals surface area contributed by atoms with Crippen molar-refractivity contribution in [3.8, 4) is 11.5 Å². The molecule has 1 amide bonds. The zero-order valence-electron chi connectivity index (χ0n) is 22.4. The van der Waals surface area contributed by atoms with Crippen molar-refractivity contribution in [2.75, 3.05) is 7.11 Å². The van der Waals surface area contributed by atoms with Gasteiger partial charge in [-0.1, -0.05) is 0 Å². The molecular weight excluding hydrogens is 514 g/mol. The lowest BCUT2D eigenvalue weighted by molar-refractivity contribution is -0.304. The number of hydrogen-bond acceptors (Lipinski definition) is 11. The van der Waals surface area contributed by atoms with Crippen LogP contribution in [0.4, 0.5) is 4.79 Å². The Balaban J connectivity index is 1.66. The first-order valence-corrected chi connectivity index (χ1v) is 12.1. The van der Waals surface area contributed by atoms with Crippen molar-refractivity contribution < 1.29 is 47.6 Å². The summed E-state index contributed by atoms with van der Waals surface area (Å²) in [7, 11) is 1.38. The Bertz CT molecular complexity index is 1490. The summed E-state index contributed by atoms with van der Waals surface area (Å²) in [5.74, 6) is 0.322. The van der Waals surface area contributed by atoms with E-state index in [9.17, 15) is 24.6 Å². The molecule has 0 aliphatic carbocycles. The van der Waals surface area contributed by atoms with Gasteiger partial charge in [-0.3, -0.25) is 4.79 Å². The normalized spacial score (nSPS) is 22.5. The molecule has 3 heterocycles. The Morgan fingerprint density at radius 2 is 1.85 bits per heavy atom. The van der Waals surface area contributed by atoms with Crippen LogP contribution in [0, 0.1) is 20.8 Å². The molecule has 1 saturated heterocycles. The monoisotopic (exact) mass is 545 g/mol. The van der Waals surface area contributed by atoms with Crippen LogP contribution in [0.5, 0.6) is 11.5 Å². The fourth-order valence-corrected chi connectivity index (χ4v) is 4.92. The molecule has 0 radical (unpaired) electrons. The predicted molar refractivity (Wildman–Crippen MR) is 136 cm³/mol. The fourth-order valence-electron chi connectivity index (χ4n) is 4.92. The molecule has 1 aromatic carbocycles. The maximum atomic E-state index is 12.8. The summed E-state index contributed by atoms with van der Waals surface area (Å²) in [6.45, 7) is 8.26. The van der Waals surface area contributed by atoms with Crippen molar-refractivity contribution in [1.29, 1.82) is 0 Å². The Labute approximate surface area is 223 Å². The Morgan fingerprint density at radius 3 is 2.44 bits per heavy atom. The number of amides is 1. The lowest BCUT2D eigenvalue weighted by Gasteiger charge is -2.47. The molecule has 0 spiro atoms. The van der Waals surface area contributed by atoms with Crippen molar-refractivity contribution in [3.05, 3.63) is 56.8 Å². The lowest BCUT2D eigenvalue weighted by atomic mass is 9.89. The molecule has 210 valence electrons. The number of benzene rings is 1. The van der Waals surface area contributed by atoms with Crippen LogP contribution in [0.15, 0.2) is 31.8 Å². The second-order valence-corrected chi connectivity index (χ2v) is 9.96. The van der Waals surface area contributed by atoms with Crippen LogP contribution in [0.2, 0.25) is 0 Å². The minimum Gasteiger partial charge on any atom is -0.507 e. The summed E-state index contributed by atoms with van der Waals surface area (Å²) in [5, 5.41) is 22.0. The highest BCUT2D eigenvalue weighted by Gasteiger charge is 2.53. The number of furan rings is 1. The minimum atomic E-state index is -1.49. The maximum absolute atomic E-state index is 12.8. The molecule has 4 N–H and O–H groups in total. The van der Waals surface area contributed by atoms with Crippen molar-refractivity contribution >= 4 is 22.8 Å². The number of carbonyl (C=O) groups is 2. The smallest absolute Gasteiger partial charge is 0.404 e. The van der Waals surface area contributed by atoms with Crippen LogP contribution in [0.1, 0.15) is 46.9 Å². The topological polar surface area (TPSA) is 181 Å². The zero-order valence-corrected chi connectivity index (χ0v) is 22.4. The van der Waals surface area contributed by atoms with Gasteiger partial charge in [0.05, 0.1) is 22.1 Å². The van der Waals surface area contributed by atoms with Crippen LogP contribution < -0.4 is 16.1 Å². The van der Waals surface area contributed by atoms with Crippen LogP contribution in [0.3, 0.4) is 0 Å². The Kier molecular flexibility index (Phi) is 7.48. The average Bonchev–Trinajstić information content (AvgIpc) is 3.19. The van der Waals surface area contributed by atoms with Gasteiger partial charge in [0.15, 0.2) is 18.0 Å². The fraction of sp³-hybridized carbons (Fsp3) is 0.444. The quantitative estimate of drug-likeness (QED) is 0.293. The summed E-state index contributed by atoms with van der Waals surface area (Å²) in [4.78, 5) is 37.1. The Morgan fingerprint density at radius 1 is 1.15 bits per heavy atom. The maximum Gasteiger partial charge on any atom is 0.404 e. The van der Waals surface area contributed by atoms with E-state index in [0.717, 1.165) is 0 Å². The predicted octanol–water partition coefficient (Wildman–Crippen LogP) is 2.80. The number of rotatable bonds is 7. The number of carbonyl (C=O) groups excluding carboxylic acids is 2. The van der Waals surface area contributed by atoms with E-state index in [-0.39, 0.29) is 28.7 Å². The number of fused-ring (bicyclic) bond motifs is 1. The van der Waals surface area contributed by atoms with Crippen molar-refractivity contribution in [3.63, 3.8) is 0 Å². The van der Waals surface area contributed by atoms with Crippen molar-refractivity contribution in [2.45, 2.75) is 71.2 Å². The van der Waals surface area contributed by atoms with E-state index < -0.39 is 53.5 Å². The van der Waals surface area contributed by atoms with Crippen molar-refractivity contribution in [2.24, 2.45) is 5.73 Å². The van der Waals surface area contributed by atoms with Gasteiger partial charge in [0.2, 0.25) is 6.29 Å². The third kappa shape index (κ3) is 5.22. The number of ether oxygens (including phenoxy) is 4. The first-order valence-electron chi connectivity index (χ1n) is 12.1. The third-order valence-electron chi connectivity index (χ3n) is 6.79. The largest absolute Gasteiger partial charge is 0.507 e. The summed E-state index contributed by atoms with van der Waals surface area (Å²) in [6, 6.07) is 4.51. The molecule has 0 bridgehead atoms. The molecule has 39 heavy (non-hydrogen) atoms. The molecule has 0 unspecified atom stereocenters. The van der Waals surface area contributed by atoms with Crippen molar-refractivity contribution in [1.82, 2.24) is 0 Å². The highest BCUT2D eigenvalue weighted by Crippen LogP contribution is 2.38. The number of primary amides is 1. The summed E-state index contributed by atoms with van der Waals surface area (Å²) in [6.07, 6.45) is -6.38. The van der Waals surface area contributed by atoms with E-state index in [4.69, 9.17) is 33.5 Å². The molecule has 4 rings (SSSR count). The molecule has 2 aromatic heterocycles. The first kappa shape index (κ1) is 28.1. The van der Waals surface area contributed by atoms with E-state index in [1.165, 1.54) is 19.2 Å². The van der Waals surface area contributed by atoms with E-state index in [0.29, 0.717) is 22.6 Å². The molecule has 0 saturated carbocycles. The number of nitrogens with two attached hydrogens (primary N) is 1. The van der Waals surface area contributed by atoms with E-state index in [1.54, 1.807) is 40.7 Å². The first-order chi connectivity index (χ1) is 18.2. The number of Topliss-reactive ketones (excluding diaryl/α,β-unsaturated/α-hetero) is 1. The minimum absolute atomic E-state index is 0.0193.